The van der Waals surface area contributed by atoms with E-state index in [4.69, 9.17) is 0 Å². The van der Waals surface area contributed by atoms with Crippen LogP contribution in [0.2, 0.25) is 0 Å². The Morgan fingerprint density at radius 3 is 2.60 bits per heavy atom. The van der Waals surface area contributed by atoms with E-state index in [2.05, 4.69) is 15.6 Å². The number of rotatable bonds is 6. The Kier molecular flexibility index (Phi) is 4.79. The van der Waals surface area contributed by atoms with Crippen LogP contribution in [0.4, 0.5) is 8.78 Å². The van der Waals surface area contributed by atoms with Crippen molar-refractivity contribution in [2.45, 2.75) is 32.4 Å². The van der Waals surface area contributed by atoms with Crippen molar-refractivity contribution in [2.75, 3.05) is 7.05 Å². The van der Waals surface area contributed by atoms with Gasteiger partial charge in [-0.3, -0.25) is 0 Å². The maximum absolute atomic E-state index is 13.7. The molecule has 0 aliphatic heterocycles. The number of aryl methyl sites for hydroxylation is 1. The topological polar surface area (TPSA) is 42.7 Å². The Balaban J connectivity index is 2.27. The van der Waals surface area contributed by atoms with Gasteiger partial charge < -0.3 is 5.32 Å². The normalized spacial score (nSPS) is 12.6. The van der Waals surface area contributed by atoms with Crippen LogP contribution < -0.4 is 5.32 Å². The lowest BCUT2D eigenvalue weighted by molar-refractivity contribution is 0.471. The molecule has 1 atom stereocenters. The van der Waals surface area contributed by atoms with Gasteiger partial charge in [-0.15, -0.1) is 5.10 Å². The van der Waals surface area contributed by atoms with Gasteiger partial charge in [0, 0.05) is 12.1 Å². The highest BCUT2D eigenvalue weighted by atomic mass is 19.1. The summed E-state index contributed by atoms with van der Waals surface area (Å²) >= 11 is 0. The highest BCUT2D eigenvalue weighted by Gasteiger charge is 2.19. The number of nitrogens with one attached hydrogen (secondary N) is 1. The molecule has 1 aromatic carbocycles. The Hall–Kier alpha value is -1.82. The van der Waals surface area contributed by atoms with Crippen LogP contribution in [0.25, 0.3) is 0 Å². The van der Waals surface area contributed by atoms with Gasteiger partial charge in [-0.1, -0.05) is 18.2 Å². The van der Waals surface area contributed by atoms with Crippen LogP contribution in [0.5, 0.6) is 0 Å². The maximum atomic E-state index is 13.7. The van der Waals surface area contributed by atoms with Crippen molar-refractivity contribution < 1.29 is 8.78 Å². The molecule has 0 bridgehead atoms. The Morgan fingerprint density at radius 1 is 1.30 bits per heavy atom. The van der Waals surface area contributed by atoms with Crippen LogP contribution in [-0.4, -0.2) is 22.0 Å². The van der Waals surface area contributed by atoms with Crippen LogP contribution in [0, 0.1) is 11.6 Å². The van der Waals surface area contributed by atoms with Crippen LogP contribution in [-0.2, 0) is 13.0 Å². The highest BCUT2D eigenvalue weighted by molar-refractivity contribution is 5.22. The summed E-state index contributed by atoms with van der Waals surface area (Å²) < 4.78 is 29.2. The second-order valence-corrected chi connectivity index (χ2v) is 4.63. The molecule has 0 saturated heterocycles. The molecule has 0 amide bonds. The van der Waals surface area contributed by atoms with Crippen molar-refractivity contribution in [3.63, 3.8) is 0 Å². The van der Waals surface area contributed by atoms with E-state index in [-0.39, 0.29) is 18.0 Å². The van der Waals surface area contributed by atoms with Crippen molar-refractivity contribution >= 4 is 0 Å². The average Bonchev–Trinajstić information content (AvgIpc) is 2.87. The zero-order chi connectivity index (χ0) is 14.5. The molecule has 1 aromatic heterocycles. The SMILES string of the molecule is CCCn1nncc1C(Cc1c(F)cccc1F)NC. The first-order valence-electron chi connectivity index (χ1n) is 6.65. The summed E-state index contributed by atoms with van der Waals surface area (Å²) in [5.74, 6) is -1.06. The third-order valence-corrected chi connectivity index (χ3v) is 3.26. The monoisotopic (exact) mass is 280 g/mol. The molecule has 0 aliphatic rings. The molecule has 1 heterocycles. The van der Waals surface area contributed by atoms with Gasteiger partial charge in [-0.2, -0.15) is 0 Å². The van der Waals surface area contributed by atoms with E-state index < -0.39 is 11.6 Å². The summed E-state index contributed by atoms with van der Waals surface area (Å²) in [7, 11) is 1.76. The van der Waals surface area contributed by atoms with E-state index in [1.54, 1.807) is 17.9 Å². The smallest absolute Gasteiger partial charge is 0.129 e. The molecular formula is C14H18F2N4. The minimum absolute atomic E-state index is 0.0797. The molecular weight excluding hydrogens is 262 g/mol. The number of benzene rings is 1. The first-order chi connectivity index (χ1) is 9.67. The summed E-state index contributed by atoms with van der Waals surface area (Å²) in [6.45, 7) is 2.77. The quantitative estimate of drug-likeness (QED) is 0.884. The second kappa shape index (κ2) is 6.56. The fraction of sp³-hybridized carbons (Fsp3) is 0.429. The van der Waals surface area contributed by atoms with Crippen LogP contribution in [0.3, 0.4) is 0 Å². The predicted molar refractivity (Wildman–Crippen MR) is 72.2 cm³/mol. The predicted octanol–water partition coefficient (Wildman–Crippen LogP) is 2.47. The first-order valence-corrected chi connectivity index (χ1v) is 6.65. The number of hydrogen-bond acceptors (Lipinski definition) is 3. The molecule has 0 aliphatic carbocycles. The van der Waals surface area contributed by atoms with E-state index in [9.17, 15) is 8.78 Å². The second-order valence-electron chi connectivity index (χ2n) is 4.63. The number of hydrogen-bond donors (Lipinski definition) is 1. The van der Waals surface area contributed by atoms with E-state index in [1.165, 1.54) is 18.2 Å². The summed E-state index contributed by atoms with van der Waals surface area (Å²) in [5, 5.41) is 11.0. The lowest BCUT2D eigenvalue weighted by atomic mass is 10.0. The summed E-state index contributed by atoms with van der Waals surface area (Å²) in [5.41, 5.74) is 0.910. The third-order valence-electron chi connectivity index (χ3n) is 3.26. The standard InChI is InChI=1S/C14H18F2N4/c1-3-7-20-14(9-18-19-20)13(17-2)8-10-11(15)5-4-6-12(10)16/h4-6,9,13,17H,3,7-8H2,1-2H3. The molecule has 0 fully saturated rings. The van der Waals surface area contributed by atoms with Gasteiger partial charge in [0.1, 0.15) is 11.6 Å². The molecule has 1 N–H and O–H groups in total. The number of aromatic nitrogens is 3. The third kappa shape index (κ3) is 3.01. The summed E-state index contributed by atoms with van der Waals surface area (Å²) in [6.07, 6.45) is 2.77. The maximum Gasteiger partial charge on any atom is 0.129 e. The van der Waals surface area contributed by atoms with E-state index in [0.29, 0.717) is 0 Å². The molecule has 4 nitrogen and oxygen atoms in total. The van der Waals surface area contributed by atoms with Gasteiger partial charge in [-0.05, 0) is 32.0 Å². The minimum atomic E-state index is -0.528. The molecule has 20 heavy (non-hydrogen) atoms. The highest BCUT2D eigenvalue weighted by Crippen LogP contribution is 2.21. The van der Waals surface area contributed by atoms with E-state index >= 15 is 0 Å². The van der Waals surface area contributed by atoms with Gasteiger partial charge >= 0.3 is 0 Å². The zero-order valence-corrected chi connectivity index (χ0v) is 11.6. The number of nitrogens with zero attached hydrogens (tertiary/aromatic N) is 3. The van der Waals surface area contributed by atoms with Crippen molar-refractivity contribution in [3.05, 3.63) is 47.3 Å². The molecule has 0 spiro atoms. The fourth-order valence-corrected chi connectivity index (χ4v) is 2.21. The van der Waals surface area contributed by atoms with Crippen molar-refractivity contribution in [3.8, 4) is 0 Å². The number of likely N-dealkylation sites (N-methyl/N-ethyl adjacent to an activating group) is 1. The van der Waals surface area contributed by atoms with Gasteiger partial charge in [-0.25, -0.2) is 13.5 Å². The largest absolute Gasteiger partial charge is 0.311 e. The van der Waals surface area contributed by atoms with E-state index in [0.717, 1.165) is 18.7 Å². The van der Waals surface area contributed by atoms with Crippen molar-refractivity contribution in [2.24, 2.45) is 0 Å². The lowest BCUT2D eigenvalue weighted by Crippen LogP contribution is -2.23. The molecule has 0 radical (unpaired) electrons. The average molecular weight is 280 g/mol. The van der Waals surface area contributed by atoms with Gasteiger partial charge in [0.05, 0.1) is 17.9 Å². The van der Waals surface area contributed by atoms with Crippen LogP contribution in [0.1, 0.15) is 30.6 Å². The molecule has 2 aromatic rings. The van der Waals surface area contributed by atoms with E-state index in [1.807, 2.05) is 6.92 Å². The minimum Gasteiger partial charge on any atom is -0.311 e. The summed E-state index contributed by atoms with van der Waals surface area (Å²) in [6, 6.07) is 3.67. The van der Waals surface area contributed by atoms with Crippen molar-refractivity contribution in [1.82, 2.24) is 20.3 Å². The fourth-order valence-electron chi connectivity index (χ4n) is 2.21. The van der Waals surface area contributed by atoms with Crippen LogP contribution >= 0.6 is 0 Å². The molecule has 108 valence electrons. The number of halogens is 2. The Bertz CT molecular complexity index is 548. The summed E-state index contributed by atoms with van der Waals surface area (Å²) in [4.78, 5) is 0. The molecule has 2 rings (SSSR count). The lowest BCUT2D eigenvalue weighted by Gasteiger charge is -2.17. The Labute approximate surface area is 116 Å². The first kappa shape index (κ1) is 14.6. The Morgan fingerprint density at radius 2 is 2.00 bits per heavy atom. The van der Waals surface area contributed by atoms with Gasteiger partial charge in [0.25, 0.3) is 0 Å². The van der Waals surface area contributed by atoms with Crippen molar-refractivity contribution in [1.29, 1.82) is 0 Å². The van der Waals surface area contributed by atoms with Crippen LogP contribution in [0.15, 0.2) is 24.4 Å². The van der Waals surface area contributed by atoms with Gasteiger partial charge in [0.2, 0.25) is 0 Å². The molecule has 0 saturated carbocycles. The molecule has 1 unspecified atom stereocenters. The van der Waals surface area contributed by atoms with Gasteiger partial charge in [0.15, 0.2) is 0 Å². The zero-order valence-electron chi connectivity index (χ0n) is 11.6. The molecule has 6 heteroatoms.